The first kappa shape index (κ1) is 17.6. The van der Waals surface area contributed by atoms with Gasteiger partial charge in [-0.15, -0.1) is 0 Å². The van der Waals surface area contributed by atoms with Gasteiger partial charge in [-0.3, -0.25) is 4.90 Å². The average Bonchev–Trinajstić information content (AvgIpc) is 2.21. The number of rotatable bonds is 9. The van der Waals surface area contributed by atoms with Gasteiger partial charge >= 0.3 is 6.18 Å². The number of alkyl halides is 3. The topological polar surface area (TPSA) is 44.7 Å². The molecular formula is C11H23F3N2O2. The van der Waals surface area contributed by atoms with Gasteiger partial charge in [-0.2, -0.15) is 13.2 Å². The van der Waals surface area contributed by atoms with Gasteiger partial charge in [0, 0.05) is 32.8 Å². The summed E-state index contributed by atoms with van der Waals surface area (Å²) in [6.07, 6.45) is -5.07. The lowest BCUT2D eigenvalue weighted by Gasteiger charge is -2.29. The molecule has 1 unspecified atom stereocenters. The number of aliphatic hydroxyl groups excluding tert-OH is 1. The van der Waals surface area contributed by atoms with Gasteiger partial charge < -0.3 is 15.2 Å². The maximum atomic E-state index is 12.3. The van der Waals surface area contributed by atoms with Crippen molar-refractivity contribution >= 4 is 0 Å². The summed E-state index contributed by atoms with van der Waals surface area (Å²) >= 11 is 0. The second-order valence-corrected chi connectivity index (χ2v) is 4.49. The third-order valence-electron chi connectivity index (χ3n) is 2.42. The van der Waals surface area contributed by atoms with E-state index in [-0.39, 0.29) is 19.1 Å². The van der Waals surface area contributed by atoms with Gasteiger partial charge in [0.1, 0.15) is 0 Å². The van der Waals surface area contributed by atoms with E-state index in [4.69, 9.17) is 4.74 Å². The van der Waals surface area contributed by atoms with Crippen LogP contribution in [0.4, 0.5) is 13.2 Å². The van der Waals surface area contributed by atoms with Crippen molar-refractivity contribution in [1.29, 1.82) is 0 Å². The molecule has 7 heteroatoms. The fraction of sp³-hybridized carbons (Fsp3) is 1.00. The quantitative estimate of drug-likeness (QED) is 0.611. The Morgan fingerprint density at radius 3 is 2.39 bits per heavy atom. The normalized spacial score (nSPS) is 14.5. The second-order valence-electron chi connectivity index (χ2n) is 4.49. The van der Waals surface area contributed by atoms with Crippen LogP contribution in [0.25, 0.3) is 0 Å². The Kier molecular flexibility index (Phi) is 8.51. The third kappa shape index (κ3) is 9.64. The van der Waals surface area contributed by atoms with E-state index in [0.29, 0.717) is 13.2 Å². The fourth-order valence-corrected chi connectivity index (χ4v) is 1.47. The van der Waals surface area contributed by atoms with Crippen LogP contribution in [0.2, 0.25) is 0 Å². The molecule has 0 aromatic heterocycles. The summed E-state index contributed by atoms with van der Waals surface area (Å²) in [6, 6.07) is -0.264. The fourth-order valence-electron chi connectivity index (χ4n) is 1.47. The molecule has 0 aromatic rings. The van der Waals surface area contributed by atoms with Crippen molar-refractivity contribution < 1.29 is 23.0 Å². The van der Waals surface area contributed by atoms with Crippen LogP contribution >= 0.6 is 0 Å². The van der Waals surface area contributed by atoms with E-state index >= 15 is 0 Å². The monoisotopic (exact) mass is 272 g/mol. The molecule has 0 aromatic carbocycles. The van der Waals surface area contributed by atoms with Crippen molar-refractivity contribution in [3.63, 3.8) is 0 Å². The minimum absolute atomic E-state index is 0.00282. The van der Waals surface area contributed by atoms with E-state index in [1.54, 1.807) is 21.0 Å². The smallest absolute Gasteiger partial charge is 0.390 e. The number of hydrogen-bond acceptors (Lipinski definition) is 4. The van der Waals surface area contributed by atoms with E-state index in [2.05, 4.69) is 5.32 Å². The Morgan fingerprint density at radius 2 is 1.94 bits per heavy atom. The molecule has 0 rings (SSSR count). The minimum Gasteiger partial charge on any atom is -0.390 e. The summed E-state index contributed by atoms with van der Waals surface area (Å²) in [4.78, 5) is 1.21. The number of nitrogens with zero attached hydrogens (tertiary/aromatic N) is 1. The van der Waals surface area contributed by atoms with Gasteiger partial charge in [-0.25, -0.2) is 0 Å². The molecule has 0 radical (unpaired) electrons. The zero-order chi connectivity index (χ0) is 14.2. The van der Waals surface area contributed by atoms with E-state index in [9.17, 15) is 18.3 Å². The van der Waals surface area contributed by atoms with Crippen molar-refractivity contribution in [3.8, 4) is 0 Å². The molecule has 2 N–H and O–H groups in total. The van der Waals surface area contributed by atoms with Crippen molar-refractivity contribution in [1.82, 2.24) is 10.2 Å². The van der Waals surface area contributed by atoms with Crippen LogP contribution in [0, 0.1) is 0 Å². The Bertz CT molecular complexity index is 213. The lowest BCUT2D eigenvalue weighted by atomic mass is 10.2. The molecular weight excluding hydrogens is 249 g/mol. The van der Waals surface area contributed by atoms with Crippen molar-refractivity contribution in [2.24, 2.45) is 0 Å². The molecule has 0 amide bonds. The molecule has 18 heavy (non-hydrogen) atoms. The third-order valence-corrected chi connectivity index (χ3v) is 2.42. The molecule has 0 bridgehead atoms. The molecule has 0 aliphatic heterocycles. The van der Waals surface area contributed by atoms with Crippen LogP contribution < -0.4 is 5.32 Å². The predicted octanol–water partition coefficient (Wildman–Crippen LogP) is 0.856. The number of nitrogens with one attached hydrogen (secondary N) is 1. The molecule has 4 nitrogen and oxygen atoms in total. The summed E-state index contributed by atoms with van der Waals surface area (Å²) in [5.41, 5.74) is 0. The molecule has 110 valence electrons. The SMILES string of the molecule is COCCNCC(O)CN(CC(F)(F)F)C(C)C. The number of ether oxygens (including phenoxy) is 1. The highest BCUT2D eigenvalue weighted by molar-refractivity contribution is 4.72. The molecule has 0 saturated carbocycles. The molecule has 0 saturated heterocycles. The number of hydrogen-bond donors (Lipinski definition) is 2. The number of methoxy groups -OCH3 is 1. The number of aliphatic hydroxyl groups is 1. The van der Waals surface area contributed by atoms with Crippen LogP contribution in [0.3, 0.4) is 0 Å². The maximum absolute atomic E-state index is 12.3. The Morgan fingerprint density at radius 1 is 1.33 bits per heavy atom. The zero-order valence-corrected chi connectivity index (χ0v) is 11.1. The standard InChI is InChI=1S/C11H23F3N2O2/c1-9(2)16(8-11(12,13)14)7-10(17)6-15-4-5-18-3/h9-10,15,17H,4-8H2,1-3H3. The first-order valence-electron chi connectivity index (χ1n) is 5.94. The molecule has 0 aliphatic rings. The van der Waals surface area contributed by atoms with E-state index in [1.165, 1.54) is 4.90 Å². The molecule has 0 aliphatic carbocycles. The Labute approximate surface area is 106 Å². The zero-order valence-electron chi connectivity index (χ0n) is 11.1. The molecule has 0 spiro atoms. The minimum atomic E-state index is -4.24. The Balaban J connectivity index is 4.00. The highest BCUT2D eigenvalue weighted by Crippen LogP contribution is 2.18. The number of halogens is 3. The van der Waals surface area contributed by atoms with Gasteiger partial charge in [0.15, 0.2) is 0 Å². The summed E-state index contributed by atoms with van der Waals surface area (Å²) in [5, 5.41) is 12.6. The summed E-state index contributed by atoms with van der Waals surface area (Å²) < 4.78 is 41.7. The second kappa shape index (κ2) is 8.68. The van der Waals surface area contributed by atoms with Crippen LogP contribution in [0.5, 0.6) is 0 Å². The van der Waals surface area contributed by atoms with Gasteiger partial charge in [-0.1, -0.05) is 0 Å². The maximum Gasteiger partial charge on any atom is 0.401 e. The summed E-state index contributed by atoms with van der Waals surface area (Å²) in [6.45, 7) is 3.67. The van der Waals surface area contributed by atoms with E-state index in [1.807, 2.05) is 0 Å². The van der Waals surface area contributed by atoms with Crippen molar-refractivity contribution in [3.05, 3.63) is 0 Å². The average molecular weight is 272 g/mol. The lowest BCUT2D eigenvalue weighted by Crippen LogP contribution is -2.45. The van der Waals surface area contributed by atoms with Crippen LogP contribution in [-0.2, 0) is 4.74 Å². The van der Waals surface area contributed by atoms with Gasteiger partial charge in [0.25, 0.3) is 0 Å². The molecule has 1 atom stereocenters. The van der Waals surface area contributed by atoms with Crippen LogP contribution in [0.15, 0.2) is 0 Å². The molecule has 0 fully saturated rings. The van der Waals surface area contributed by atoms with E-state index in [0.717, 1.165) is 0 Å². The first-order chi connectivity index (χ1) is 8.26. The van der Waals surface area contributed by atoms with Gasteiger partial charge in [-0.05, 0) is 13.8 Å². The largest absolute Gasteiger partial charge is 0.401 e. The highest BCUT2D eigenvalue weighted by atomic mass is 19.4. The van der Waals surface area contributed by atoms with Crippen molar-refractivity contribution in [2.45, 2.75) is 32.2 Å². The summed E-state index contributed by atoms with van der Waals surface area (Å²) in [7, 11) is 1.56. The lowest BCUT2D eigenvalue weighted by molar-refractivity contribution is -0.152. The molecule has 0 heterocycles. The van der Waals surface area contributed by atoms with E-state index < -0.39 is 18.8 Å². The van der Waals surface area contributed by atoms with Gasteiger partial charge in [0.05, 0.1) is 19.3 Å². The van der Waals surface area contributed by atoms with Crippen LogP contribution in [0.1, 0.15) is 13.8 Å². The predicted molar refractivity (Wildman–Crippen MR) is 63.5 cm³/mol. The van der Waals surface area contributed by atoms with Crippen molar-refractivity contribution in [2.75, 3.05) is 39.9 Å². The Hall–Kier alpha value is -0.370. The first-order valence-corrected chi connectivity index (χ1v) is 5.94. The van der Waals surface area contributed by atoms with Gasteiger partial charge in [0.2, 0.25) is 0 Å². The van der Waals surface area contributed by atoms with Crippen LogP contribution in [-0.4, -0.2) is 68.2 Å². The summed E-state index contributed by atoms with van der Waals surface area (Å²) in [5.74, 6) is 0. The highest BCUT2D eigenvalue weighted by Gasteiger charge is 2.32.